The fraction of sp³-hybridized carbons (Fsp3) is 0.292. The summed E-state index contributed by atoms with van der Waals surface area (Å²) in [6.45, 7) is 0.779. The predicted octanol–water partition coefficient (Wildman–Crippen LogP) is 3.74. The first-order chi connectivity index (χ1) is 14.7. The molecular weight excluding hydrogens is 376 g/mol. The summed E-state index contributed by atoms with van der Waals surface area (Å²) in [6, 6.07) is 7.96. The monoisotopic (exact) mass is 398 g/mol. The molecule has 1 fully saturated rings. The van der Waals surface area contributed by atoms with E-state index in [2.05, 4.69) is 38.5 Å². The van der Waals surface area contributed by atoms with Crippen LogP contribution in [0.3, 0.4) is 0 Å². The topological polar surface area (TPSA) is 76.1 Å². The molecule has 3 heterocycles. The van der Waals surface area contributed by atoms with Crippen molar-refractivity contribution in [2.45, 2.75) is 25.7 Å². The van der Waals surface area contributed by atoms with Gasteiger partial charge in [-0.05, 0) is 55.5 Å². The SMILES string of the molecule is CNc1ncc(C#Cc2ccc3c(c2)CCCO3)c2cc(NC(=O)C3CC3)ncc12. The summed E-state index contributed by atoms with van der Waals surface area (Å²) in [6.07, 6.45) is 7.45. The quantitative estimate of drug-likeness (QED) is 0.658. The number of carbonyl (C=O) groups is 1. The zero-order valence-electron chi connectivity index (χ0n) is 16.8. The second-order valence-corrected chi connectivity index (χ2v) is 7.67. The van der Waals surface area contributed by atoms with Crippen molar-refractivity contribution < 1.29 is 9.53 Å². The lowest BCUT2D eigenvalue weighted by Crippen LogP contribution is -2.14. The number of rotatable bonds is 3. The van der Waals surface area contributed by atoms with Gasteiger partial charge in [0.15, 0.2) is 0 Å². The maximum atomic E-state index is 12.1. The molecule has 6 nitrogen and oxygen atoms in total. The summed E-state index contributed by atoms with van der Waals surface area (Å²) < 4.78 is 5.68. The number of ether oxygens (including phenoxy) is 1. The molecule has 1 aromatic carbocycles. The number of amides is 1. The number of aryl methyl sites for hydroxylation is 1. The van der Waals surface area contributed by atoms with E-state index in [0.717, 1.165) is 65.8 Å². The Labute approximate surface area is 175 Å². The van der Waals surface area contributed by atoms with Gasteiger partial charge < -0.3 is 15.4 Å². The molecule has 0 atom stereocenters. The van der Waals surface area contributed by atoms with Gasteiger partial charge in [0, 0.05) is 41.7 Å². The van der Waals surface area contributed by atoms with E-state index in [1.165, 1.54) is 5.56 Å². The van der Waals surface area contributed by atoms with Gasteiger partial charge in [-0.15, -0.1) is 0 Å². The molecule has 6 heteroatoms. The summed E-state index contributed by atoms with van der Waals surface area (Å²) in [5, 5.41) is 7.78. The number of aromatic nitrogens is 2. The molecule has 0 radical (unpaired) electrons. The number of anilines is 2. The van der Waals surface area contributed by atoms with Crippen molar-refractivity contribution in [1.82, 2.24) is 9.97 Å². The second kappa shape index (κ2) is 7.68. The number of carbonyl (C=O) groups excluding carboxylic acids is 1. The normalized spacial score (nSPS) is 14.8. The van der Waals surface area contributed by atoms with Crippen LogP contribution in [-0.2, 0) is 11.2 Å². The molecule has 2 aromatic heterocycles. The fourth-order valence-electron chi connectivity index (χ4n) is 3.65. The highest BCUT2D eigenvalue weighted by atomic mass is 16.5. The second-order valence-electron chi connectivity index (χ2n) is 7.67. The predicted molar refractivity (Wildman–Crippen MR) is 117 cm³/mol. The van der Waals surface area contributed by atoms with Crippen LogP contribution in [0.2, 0.25) is 0 Å². The number of benzene rings is 1. The molecule has 0 unspecified atom stereocenters. The van der Waals surface area contributed by atoms with Crippen LogP contribution < -0.4 is 15.4 Å². The van der Waals surface area contributed by atoms with Crippen molar-refractivity contribution in [3.63, 3.8) is 0 Å². The van der Waals surface area contributed by atoms with E-state index in [-0.39, 0.29) is 11.8 Å². The molecule has 1 aliphatic carbocycles. The van der Waals surface area contributed by atoms with E-state index in [9.17, 15) is 4.79 Å². The lowest BCUT2D eigenvalue weighted by Gasteiger charge is -2.16. The minimum Gasteiger partial charge on any atom is -0.493 e. The molecule has 5 rings (SSSR count). The highest BCUT2D eigenvalue weighted by Crippen LogP contribution is 2.31. The van der Waals surface area contributed by atoms with Crippen molar-refractivity contribution in [1.29, 1.82) is 0 Å². The number of fused-ring (bicyclic) bond motifs is 2. The molecule has 2 aliphatic rings. The molecule has 3 aromatic rings. The number of nitrogens with one attached hydrogen (secondary N) is 2. The van der Waals surface area contributed by atoms with Crippen LogP contribution in [0.4, 0.5) is 11.6 Å². The number of hydrogen-bond acceptors (Lipinski definition) is 5. The molecule has 1 saturated carbocycles. The fourth-order valence-corrected chi connectivity index (χ4v) is 3.65. The van der Waals surface area contributed by atoms with Gasteiger partial charge in [0.05, 0.1) is 12.2 Å². The number of hydrogen-bond donors (Lipinski definition) is 2. The van der Waals surface area contributed by atoms with Crippen LogP contribution in [0.25, 0.3) is 10.8 Å². The molecule has 30 heavy (non-hydrogen) atoms. The molecule has 1 aliphatic heterocycles. The smallest absolute Gasteiger partial charge is 0.228 e. The Kier molecular flexibility index (Phi) is 4.72. The summed E-state index contributed by atoms with van der Waals surface area (Å²) in [4.78, 5) is 21.0. The van der Waals surface area contributed by atoms with Crippen molar-refractivity contribution in [2.24, 2.45) is 5.92 Å². The van der Waals surface area contributed by atoms with Crippen LogP contribution in [-0.4, -0.2) is 29.5 Å². The van der Waals surface area contributed by atoms with Crippen LogP contribution >= 0.6 is 0 Å². The maximum Gasteiger partial charge on any atom is 0.228 e. The van der Waals surface area contributed by atoms with Crippen LogP contribution in [0, 0.1) is 17.8 Å². The Morgan fingerprint density at radius 1 is 1.13 bits per heavy atom. The van der Waals surface area contributed by atoms with E-state index in [1.807, 2.05) is 25.2 Å². The van der Waals surface area contributed by atoms with Gasteiger partial charge in [0.1, 0.15) is 17.4 Å². The maximum absolute atomic E-state index is 12.1. The van der Waals surface area contributed by atoms with Gasteiger partial charge in [0.25, 0.3) is 0 Å². The standard InChI is InChI=1S/C24H22N4O2/c1-25-23-20-14-26-22(28-24(29)16-7-8-16)12-19(20)18(13-27-23)6-4-15-5-9-21-17(11-15)3-2-10-30-21/h5,9,11-14,16H,2-3,7-8,10H2,1H3,(H,25,27)(H,26,28,29). The van der Waals surface area contributed by atoms with E-state index >= 15 is 0 Å². The van der Waals surface area contributed by atoms with Gasteiger partial charge in [-0.1, -0.05) is 11.8 Å². The number of nitrogens with zero attached hydrogens (tertiary/aromatic N) is 2. The van der Waals surface area contributed by atoms with E-state index in [1.54, 1.807) is 12.4 Å². The first-order valence-corrected chi connectivity index (χ1v) is 10.3. The molecular formula is C24H22N4O2. The van der Waals surface area contributed by atoms with Gasteiger partial charge in [-0.3, -0.25) is 4.79 Å². The summed E-state index contributed by atoms with van der Waals surface area (Å²) in [7, 11) is 1.82. The van der Waals surface area contributed by atoms with Crippen molar-refractivity contribution in [2.75, 3.05) is 24.3 Å². The Bertz CT molecular complexity index is 1210. The Hall–Kier alpha value is -3.59. The first kappa shape index (κ1) is 18.4. The Morgan fingerprint density at radius 2 is 2.03 bits per heavy atom. The van der Waals surface area contributed by atoms with E-state index in [0.29, 0.717) is 5.82 Å². The zero-order valence-corrected chi connectivity index (χ0v) is 16.8. The highest BCUT2D eigenvalue weighted by Gasteiger charge is 2.29. The van der Waals surface area contributed by atoms with Crippen LogP contribution in [0.5, 0.6) is 5.75 Å². The van der Waals surface area contributed by atoms with Crippen molar-refractivity contribution >= 4 is 28.3 Å². The van der Waals surface area contributed by atoms with Gasteiger partial charge in [0.2, 0.25) is 5.91 Å². The van der Waals surface area contributed by atoms with Crippen molar-refractivity contribution in [3.05, 3.63) is 53.3 Å². The lowest BCUT2D eigenvalue weighted by atomic mass is 10.0. The Balaban J connectivity index is 1.52. The summed E-state index contributed by atoms with van der Waals surface area (Å²) in [5.74, 6) is 8.90. The van der Waals surface area contributed by atoms with E-state index in [4.69, 9.17) is 4.74 Å². The van der Waals surface area contributed by atoms with Crippen molar-refractivity contribution in [3.8, 4) is 17.6 Å². The lowest BCUT2D eigenvalue weighted by molar-refractivity contribution is -0.117. The molecule has 1 amide bonds. The summed E-state index contributed by atoms with van der Waals surface area (Å²) >= 11 is 0. The molecule has 150 valence electrons. The number of pyridine rings is 2. The minimum absolute atomic E-state index is 0.0358. The average Bonchev–Trinajstić information content (AvgIpc) is 3.63. The summed E-state index contributed by atoms with van der Waals surface area (Å²) in [5.41, 5.74) is 2.94. The van der Waals surface area contributed by atoms with Crippen LogP contribution in [0.1, 0.15) is 36.0 Å². The molecule has 0 bridgehead atoms. The van der Waals surface area contributed by atoms with Gasteiger partial charge >= 0.3 is 0 Å². The van der Waals surface area contributed by atoms with Gasteiger partial charge in [-0.25, -0.2) is 9.97 Å². The Morgan fingerprint density at radius 3 is 2.87 bits per heavy atom. The third-order valence-electron chi connectivity index (χ3n) is 5.46. The average molecular weight is 398 g/mol. The first-order valence-electron chi connectivity index (χ1n) is 10.3. The molecule has 0 saturated heterocycles. The molecule has 0 spiro atoms. The third-order valence-corrected chi connectivity index (χ3v) is 5.46. The third kappa shape index (κ3) is 3.67. The largest absolute Gasteiger partial charge is 0.493 e. The zero-order chi connectivity index (χ0) is 20.5. The highest BCUT2D eigenvalue weighted by molar-refractivity contribution is 5.99. The van der Waals surface area contributed by atoms with E-state index < -0.39 is 0 Å². The minimum atomic E-state index is 0.0358. The van der Waals surface area contributed by atoms with Gasteiger partial charge in [-0.2, -0.15) is 0 Å². The molecule has 2 N–H and O–H groups in total. The van der Waals surface area contributed by atoms with Crippen LogP contribution in [0.15, 0.2) is 36.7 Å².